The van der Waals surface area contributed by atoms with Gasteiger partial charge in [0, 0.05) is 10.7 Å². The molecule has 2 aromatic carbocycles. The van der Waals surface area contributed by atoms with E-state index < -0.39 is 0 Å². The molecule has 1 atom stereocenters. The number of aryl methyl sites for hydroxylation is 1. The highest BCUT2D eigenvalue weighted by molar-refractivity contribution is 8.05. The summed E-state index contributed by atoms with van der Waals surface area (Å²) in [5.41, 5.74) is 2.35. The van der Waals surface area contributed by atoms with E-state index in [-0.39, 0.29) is 11.4 Å². The van der Waals surface area contributed by atoms with E-state index in [4.69, 9.17) is 34.8 Å². The van der Waals surface area contributed by atoms with E-state index in [1.807, 2.05) is 31.2 Å². The molecule has 0 radical (unpaired) electrons. The number of anilines is 1. The molecule has 124 valence electrons. The molecule has 2 N–H and O–H groups in total. The number of halogens is 3. The van der Waals surface area contributed by atoms with Crippen molar-refractivity contribution >= 4 is 64.2 Å². The normalized spacial score (nSPS) is 18.8. The number of hydrogen-bond acceptors (Lipinski definition) is 3. The fourth-order valence-electron chi connectivity index (χ4n) is 2.23. The largest absolute Gasteiger partial charge is 0.356 e. The number of rotatable bonds is 3. The van der Waals surface area contributed by atoms with Crippen LogP contribution in [0.15, 0.2) is 41.3 Å². The Morgan fingerprint density at radius 2 is 2.00 bits per heavy atom. The molecule has 1 saturated heterocycles. The molecule has 1 amide bonds. The van der Waals surface area contributed by atoms with Gasteiger partial charge in [0.05, 0.1) is 15.0 Å². The molecular weight excluding hydrogens is 387 g/mol. The first-order valence-corrected chi connectivity index (χ1v) is 9.11. The number of carbonyl (C=O) groups is 1. The van der Waals surface area contributed by atoms with Crippen LogP contribution in [-0.2, 0) is 4.79 Å². The van der Waals surface area contributed by atoms with Crippen molar-refractivity contribution in [2.24, 2.45) is 0 Å². The first-order chi connectivity index (χ1) is 11.4. The van der Waals surface area contributed by atoms with Crippen molar-refractivity contribution in [2.75, 3.05) is 5.32 Å². The second kappa shape index (κ2) is 7.28. The topological polar surface area (TPSA) is 41.1 Å². The van der Waals surface area contributed by atoms with E-state index in [2.05, 4.69) is 10.6 Å². The predicted octanol–water partition coefficient (Wildman–Crippen LogP) is 5.55. The molecule has 0 spiro atoms. The van der Waals surface area contributed by atoms with Gasteiger partial charge in [0.15, 0.2) is 5.50 Å². The van der Waals surface area contributed by atoms with Crippen LogP contribution in [0.4, 0.5) is 5.69 Å². The number of hydrogen-bond donors (Lipinski definition) is 2. The van der Waals surface area contributed by atoms with Gasteiger partial charge in [-0.3, -0.25) is 4.79 Å². The van der Waals surface area contributed by atoms with Gasteiger partial charge >= 0.3 is 0 Å². The Kier molecular flexibility index (Phi) is 5.30. The van der Waals surface area contributed by atoms with Crippen molar-refractivity contribution in [2.45, 2.75) is 12.4 Å². The van der Waals surface area contributed by atoms with Crippen molar-refractivity contribution in [3.8, 4) is 0 Å². The Balaban J connectivity index is 1.79. The molecule has 1 aliphatic heterocycles. The predicted molar refractivity (Wildman–Crippen MR) is 104 cm³/mol. The van der Waals surface area contributed by atoms with Gasteiger partial charge in [-0.1, -0.05) is 64.8 Å². The quantitative estimate of drug-likeness (QED) is 0.664. The molecule has 1 fully saturated rings. The number of nitrogens with one attached hydrogen (secondary N) is 2. The molecular formula is C17H13Cl3N2OS. The van der Waals surface area contributed by atoms with Crippen LogP contribution < -0.4 is 10.6 Å². The summed E-state index contributed by atoms with van der Waals surface area (Å²) in [6.45, 7) is 1.97. The zero-order valence-corrected chi connectivity index (χ0v) is 15.7. The van der Waals surface area contributed by atoms with Crippen LogP contribution in [0.25, 0.3) is 6.08 Å². The Hall–Kier alpha value is -1.33. The molecule has 3 nitrogen and oxygen atoms in total. The number of benzene rings is 2. The number of thioether (sulfide) groups is 1. The van der Waals surface area contributed by atoms with Crippen LogP contribution in [0, 0.1) is 6.92 Å². The average molecular weight is 400 g/mol. The van der Waals surface area contributed by atoms with Gasteiger partial charge in [-0.15, -0.1) is 0 Å². The van der Waals surface area contributed by atoms with Gasteiger partial charge in [0.25, 0.3) is 5.91 Å². The van der Waals surface area contributed by atoms with Crippen molar-refractivity contribution in [1.29, 1.82) is 0 Å². The second-order valence-electron chi connectivity index (χ2n) is 5.23. The summed E-state index contributed by atoms with van der Waals surface area (Å²) in [5.74, 6) is -0.159. The van der Waals surface area contributed by atoms with Gasteiger partial charge in [0.1, 0.15) is 0 Å². The van der Waals surface area contributed by atoms with Crippen molar-refractivity contribution in [1.82, 2.24) is 5.32 Å². The Morgan fingerprint density at radius 1 is 1.21 bits per heavy atom. The second-order valence-corrected chi connectivity index (χ2v) is 7.60. The molecule has 3 rings (SSSR count). The molecule has 0 aliphatic carbocycles. The third-order valence-corrected chi connectivity index (χ3v) is 5.58. The fraction of sp³-hybridized carbons (Fsp3) is 0.118. The molecule has 7 heteroatoms. The van der Waals surface area contributed by atoms with Gasteiger partial charge in [-0.05, 0) is 42.3 Å². The average Bonchev–Trinajstić information content (AvgIpc) is 2.87. The number of amides is 1. The van der Waals surface area contributed by atoms with E-state index in [0.29, 0.717) is 25.5 Å². The first-order valence-electron chi connectivity index (χ1n) is 7.10. The number of carbonyl (C=O) groups excluding carboxylic acids is 1. The Morgan fingerprint density at radius 3 is 2.79 bits per heavy atom. The Labute approximate surface area is 159 Å². The molecule has 0 saturated carbocycles. The fourth-order valence-corrected chi connectivity index (χ4v) is 3.73. The van der Waals surface area contributed by atoms with Gasteiger partial charge in [-0.2, -0.15) is 0 Å². The van der Waals surface area contributed by atoms with E-state index in [0.717, 1.165) is 11.3 Å². The SMILES string of the molecule is Cc1ccc(Cl)cc1NC1NC(=O)/C(=C/c2cccc(Cl)c2Cl)S1. The zero-order valence-electron chi connectivity index (χ0n) is 12.6. The van der Waals surface area contributed by atoms with Crippen molar-refractivity contribution in [3.63, 3.8) is 0 Å². The van der Waals surface area contributed by atoms with Crippen LogP contribution in [0.1, 0.15) is 11.1 Å². The maximum atomic E-state index is 12.2. The zero-order chi connectivity index (χ0) is 17.3. The molecule has 1 heterocycles. The summed E-state index contributed by atoms with van der Waals surface area (Å²) >= 11 is 19.6. The molecule has 1 unspecified atom stereocenters. The highest BCUT2D eigenvalue weighted by Crippen LogP contribution is 2.34. The van der Waals surface area contributed by atoms with Crippen LogP contribution >= 0.6 is 46.6 Å². The minimum Gasteiger partial charge on any atom is -0.356 e. The van der Waals surface area contributed by atoms with Crippen LogP contribution in [0.2, 0.25) is 15.1 Å². The lowest BCUT2D eigenvalue weighted by Gasteiger charge is -2.15. The lowest BCUT2D eigenvalue weighted by atomic mass is 10.2. The smallest absolute Gasteiger partial charge is 0.260 e. The summed E-state index contributed by atoms with van der Waals surface area (Å²) in [5, 5.41) is 7.68. The maximum absolute atomic E-state index is 12.2. The van der Waals surface area contributed by atoms with Crippen LogP contribution in [0.3, 0.4) is 0 Å². The molecule has 2 aromatic rings. The minimum absolute atomic E-state index is 0.159. The molecule has 1 aliphatic rings. The monoisotopic (exact) mass is 398 g/mol. The Bertz CT molecular complexity index is 839. The molecule has 0 bridgehead atoms. The van der Waals surface area contributed by atoms with Crippen molar-refractivity contribution < 1.29 is 4.79 Å². The van der Waals surface area contributed by atoms with Crippen LogP contribution in [-0.4, -0.2) is 11.4 Å². The highest BCUT2D eigenvalue weighted by Gasteiger charge is 2.27. The first kappa shape index (κ1) is 17.5. The van der Waals surface area contributed by atoms with E-state index in [1.54, 1.807) is 18.2 Å². The van der Waals surface area contributed by atoms with Crippen LogP contribution in [0.5, 0.6) is 0 Å². The third-order valence-electron chi connectivity index (χ3n) is 3.49. The summed E-state index contributed by atoms with van der Waals surface area (Å²) in [6.07, 6.45) is 1.74. The van der Waals surface area contributed by atoms with Crippen molar-refractivity contribution in [3.05, 3.63) is 67.5 Å². The van der Waals surface area contributed by atoms with Gasteiger partial charge in [-0.25, -0.2) is 0 Å². The molecule has 0 aromatic heterocycles. The minimum atomic E-state index is -0.279. The van der Waals surface area contributed by atoms with E-state index in [1.165, 1.54) is 11.8 Å². The third kappa shape index (κ3) is 3.83. The highest BCUT2D eigenvalue weighted by atomic mass is 35.5. The van der Waals surface area contributed by atoms with E-state index >= 15 is 0 Å². The summed E-state index contributed by atoms with van der Waals surface area (Å²) < 4.78 is 0. The van der Waals surface area contributed by atoms with Gasteiger partial charge < -0.3 is 10.6 Å². The summed E-state index contributed by atoms with van der Waals surface area (Å²) in [7, 11) is 0. The standard InChI is InChI=1S/C17H13Cl3N2OS/c1-9-5-6-11(18)8-13(9)21-17-22-16(23)14(24-17)7-10-3-2-4-12(19)15(10)20/h2-8,17,21H,1H3,(H,22,23)/b14-7-. The lowest BCUT2D eigenvalue weighted by Crippen LogP contribution is -2.31. The van der Waals surface area contributed by atoms with E-state index in [9.17, 15) is 4.79 Å². The van der Waals surface area contributed by atoms with Gasteiger partial charge in [0.2, 0.25) is 0 Å². The molecule has 24 heavy (non-hydrogen) atoms. The maximum Gasteiger partial charge on any atom is 0.260 e. The summed E-state index contributed by atoms with van der Waals surface area (Å²) in [6, 6.07) is 10.9. The lowest BCUT2D eigenvalue weighted by molar-refractivity contribution is -0.116. The summed E-state index contributed by atoms with van der Waals surface area (Å²) in [4.78, 5) is 12.8.